The first-order valence-corrected chi connectivity index (χ1v) is 8.42. The fraction of sp³-hybridized carbons (Fsp3) is 0.650. The smallest absolute Gasteiger partial charge is 0.120 e. The van der Waals surface area contributed by atoms with Crippen molar-refractivity contribution in [1.29, 1.82) is 0 Å². The number of hydrogen-bond acceptors (Lipinski definition) is 1. The van der Waals surface area contributed by atoms with E-state index in [4.69, 9.17) is 0 Å². The molecule has 0 aliphatic heterocycles. The molecular formula is C20H30O. The minimum atomic E-state index is 0.297. The highest BCUT2D eigenvalue weighted by atomic mass is 16.1. The largest absolute Gasteiger partial charge is 0.303 e. The molecule has 2 rings (SSSR count). The van der Waals surface area contributed by atoms with Crippen LogP contribution < -0.4 is 0 Å². The average Bonchev–Trinajstić information content (AvgIpc) is 2.70. The van der Waals surface area contributed by atoms with Crippen molar-refractivity contribution in [3.63, 3.8) is 0 Å². The Morgan fingerprint density at radius 1 is 1.19 bits per heavy atom. The molecule has 1 aromatic rings. The van der Waals surface area contributed by atoms with Crippen molar-refractivity contribution in [3.05, 3.63) is 33.9 Å². The standard InChI is InChI=1S/C20H30O/c1-13(2)17-12-18-16(9-10-20(18,5)6)19(14(3)4)15(17)8-7-11-21/h11-14H,7-10H2,1-6H3. The third-order valence-corrected chi connectivity index (χ3v) is 5.06. The molecule has 0 bridgehead atoms. The molecule has 0 saturated heterocycles. The summed E-state index contributed by atoms with van der Waals surface area (Å²) in [4.78, 5) is 10.9. The zero-order valence-corrected chi connectivity index (χ0v) is 14.5. The van der Waals surface area contributed by atoms with Crippen LogP contribution in [0.4, 0.5) is 0 Å². The van der Waals surface area contributed by atoms with Crippen molar-refractivity contribution in [1.82, 2.24) is 0 Å². The van der Waals surface area contributed by atoms with Crippen LogP contribution in [0.1, 0.15) is 94.0 Å². The van der Waals surface area contributed by atoms with E-state index in [1.165, 1.54) is 24.0 Å². The van der Waals surface area contributed by atoms with E-state index in [1.807, 2.05) is 0 Å². The van der Waals surface area contributed by atoms with E-state index in [-0.39, 0.29) is 0 Å². The molecule has 0 fully saturated rings. The first-order chi connectivity index (χ1) is 9.79. The van der Waals surface area contributed by atoms with Crippen LogP contribution in [-0.4, -0.2) is 6.29 Å². The minimum Gasteiger partial charge on any atom is -0.303 e. The van der Waals surface area contributed by atoms with Gasteiger partial charge >= 0.3 is 0 Å². The Kier molecular flexibility index (Phi) is 4.60. The van der Waals surface area contributed by atoms with Crippen molar-refractivity contribution < 1.29 is 4.79 Å². The number of carbonyl (C=O) groups excluding carboxylic acids is 1. The molecule has 0 amide bonds. The van der Waals surface area contributed by atoms with E-state index in [1.54, 1.807) is 16.7 Å². The molecule has 1 heteroatoms. The summed E-state index contributed by atoms with van der Waals surface area (Å²) in [6.07, 6.45) is 5.05. The first-order valence-electron chi connectivity index (χ1n) is 8.42. The highest BCUT2D eigenvalue weighted by Gasteiger charge is 2.34. The topological polar surface area (TPSA) is 17.1 Å². The van der Waals surface area contributed by atoms with Gasteiger partial charge in [0.15, 0.2) is 0 Å². The highest BCUT2D eigenvalue weighted by Crippen LogP contribution is 2.45. The second-order valence-corrected chi connectivity index (χ2v) is 7.78. The fourth-order valence-electron chi connectivity index (χ4n) is 3.95. The lowest BCUT2D eigenvalue weighted by Crippen LogP contribution is -2.15. The first kappa shape index (κ1) is 16.3. The lowest BCUT2D eigenvalue weighted by atomic mass is 9.78. The van der Waals surface area contributed by atoms with E-state index >= 15 is 0 Å². The van der Waals surface area contributed by atoms with Crippen molar-refractivity contribution in [2.24, 2.45) is 0 Å². The van der Waals surface area contributed by atoms with Crippen LogP contribution in [0.15, 0.2) is 6.07 Å². The van der Waals surface area contributed by atoms with Gasteiger partial charge in [0.1, 0.15) is 6.29 Å². The van der Waals surface area contributed by atoms with Gasteiger partial charge in [0.2, 0.25) is 0 Å². The van der Waals surface area contributed by atoms with Gasteiger partial charge < -0.3 is 4.79 Å². The Bertz CT molecular complexity index is 535. The highest BCUT2D eigenvalue weighted by molar-refractivity contribution is 5.56. The molecule has 1 aliphatic carbocycles. The molecule has 0 heterocycles. The third-order valence-electron chi connectivity index (χ3n) is 5.06. The SMILES string of the molecule is CC(C)c1cc2c(c(C(C)C)c1CCC=O)CCC2(C)C. The van der Waals surface area contributed by atoms with Crippen molar-refractivity contribution in [2.45, 2.75) is 84.5 Å². The monoisotopic (exact) mass is 286 g/mol. The molecule has 0 saturated carbocycles. The van der Waals surface area contributed by atoms with Crippen LogP contribution in [0.5, 0.6) is 0 Å². The van der Waals surface area contributed by atoms with Crippen LogP contribution in [0.2, 0.25) is 0 Å². The quantitative estimate of drug-likeness (QED) is 0.672. The molecule has 1 nitrogen and oxygen atoms in total. The number of hydrogen-bond donors (Lipinski definition) is 0. The number of benzene rings is 1. The van der Waals surface area contributed by atoms with E-state index in [0.717, 1.165) is 12.7 Å². The Labute approximate surface area is 130 Å². The maximum atomic E-state index is 10.9. The molecule has 0 spiro atoms. The molecule has 0 N–H and O–H groups in total. The molecule has 0 atom stereocenters. The lowest BCUT2D eigenvalue weighted by Gasteiger charge is -2.27. The second-order valence-electron chi connectivity index (χ2n) is 7.78. The van der Waals surface area contributed by atoms with Gasteiger partial charge in [-0.15, -0.1) is 0 Å². The normalized spacial score (nSPS) is 16.6. The van der Waals surface area contributed by atoms with Gasteiger partial charge in [-0.3, -0.25) is 0 Å². The summed E-state index contributed by atoms with van der Waals surface area (Å²) in [6, 6.07) is 2.46. The van der Waals surface area contributed by atoms with Crippen molar-refractivity contribution >= 4 is 6.29 Å². The maximum absolute atomic E-state index is 10.9. The molecule has 1 aromatic carbocycles. The molecule has 0 aromatic heterocycles. The molecule has 116 valence electrons. The predicted octanol–water partition coefficient (Wildman–Crippen LogP) is 5.29. The van der Waals surface area contributed by atoms with E-state index in [9.17, 15) is 4.79 Å². The Balaban J connectivity index is 2.71. The van der Waals surface area contributed by atoms with Crippen molar-refractivity contribution in [3.8, 4) is 0 Å². The van der Waals surface area contributed by atoms with Crippen molar-refractivity contribution in [2.75, 3.05) is 0 Å². The van der Waals surface area contributed by atoms with Gasteiger partial charge in [-0.2, -0.15) is 0 Å². The summed E-state index contributed by atoms with van der Waals surface area (Å²) in [6.45, 7) is 13.9. The molecule has 21 heavy (non-hydrogen) atoms. The molecule has 0 radical (unpaired) electrons. The Morgan fingerprint density at radius 3 is 2.38 bits per heavy atom. The van der Waals surface area contributed by atoms with Crippen LogP contribution in [0, 0.1) is 0 Å². The van der Waals surface area contributed by atoms with E-state index in [2.05, 4.69) is 47.6 Å². The van der Waals surface area contributed by atoms with Gasteiger partial charge in [0, 0.05) is 6.42 Å². The van der Waals surface area contributed by atoms with Gasteiger partial charge in [-0.05, 0) is 64.3 Å². The van der Waals surface area contributed by atoms with Crippen LogP contribution in [0.25, 0.3) is 0 Å². The lowest BCUT2D eigenvalue weighted by molar-refractivity contribution is -0.107. The summed E-state index contributed by atoms with van der Waals surface area (Å²) in [5.41, 5.74) is 7.91. The summed E-state index contributed by atoms with van der Waals surface area (Å²) in [5, 5.41) is 0. The molecular weight excluding hydrogens is 256 g/mol. The summed E-state index contributed by atoms with van der Waals surface area (Å²) in [7, 11) is 0. The number of fused-ring (bicyclic) bond motifs is 1. The minimum absolute atomic E-state index is 0.297. The Morgan fingerprint density at radius 2 is 1.86 bits per heavy atom. The molecule has 0 unspecified atom stereocenters. The summed E-state index contributed by atoms with van der Waals surface area (Å²) < 4.78 is 0. The average molecular weight is 286 g/mol. The number of rotatable bonds is 5. The van der Waals surface area contributed by atoms with E-state index < -0.39 is 0 Å². The second kappa shape index (κ2) is 5.94. The van der Waals surface area contributed by atoms with Gasteiger partial charge in [0.05, 0.1) is 0 Å². The van der Waals surface area contributed by atoms with Gasteiger partial charge in [0.25, 0.3) is 0 Å². The van der Waals surface area contributed by atoms with Gasteiger partial charge in [-0.1, -0.05) is 47.6 Å². The number of carbonyl (C=O) groups is 1. The molecule has 1 aliphatic rings. The van der Waals surface area contributed by atoms with Crippen LogP contribution >= 0.6 is 0 Å². The van der Waals surface area contributed by atoms with Crippen LogP contribution in [-0.2, 0) is 23.1 Å². The third kappa shape index (κ3) is 2.93. The predicted molar refractivity (Wildman–Crippen MR) is 90.4 cm³/mol. The number of aldehydes is 1. The zero-order valence-electron chi connectivity index (χ0n) is 14.5. The maximum Gasteiger partial charge on any atom is 0.120 e. The fourth-order valence-corrected chi connectivity index (χ4v) is 3.95. The summed E-state index contributed by atoms with van der Waals surface area (Å²) >= 11 is 0. The Hall–Kier alpha value is -1.11. The van der Waals surface area contributed by atoms with Gasteiger partial charge in [-0.25, -0.2) is 0 Å². The van der Waals surface area contributed by atoms with E-state index in [0.29, 0.717) is 23.7 Å². The van der Waals surface area contributed by atoms with Crippen LogP contribution in [0.3, 0.4) is 0 Å². The summed E-state index contributed by atoms with van der Waals surface area (Å²) in [5.74, 6) is 1.05. The zero-order chi connectivity index (χ0) is 15.8.